The largest absolute Gasteiger partial charge is 0.507 e. The molecule has 0 spiro atoms. The Morgan fingerprint density at radius 3 is 2.95 bits per heavy atom. The van der Waals surface area contributed by atoms with Gasteiger partial charge in [0.1, 0.15) is 5.76 Å². The van der Waals surface area contributed by atoms with E-state index in [1.807, 2.05) is 36.4 Å². The van der Waals surface area contributed by atoms with E-state index in [2.05, 4.69) is 10.3 Å². The highest BCUT2D eigenvalue weighted by Crippen LogP contribution is 2.30. The average molecular weight is 282 g/mol. The number of rotatable bonds is 3. The van der Waals surface area contributed by atoms with Crippen molar-refractivity contribution in [2.45, 2.75) is 31.8 Å². The first-order valence-corrected chi connectivity index (χ1v) is 7.24. The van der Waals surface area contributed by atoms with Gasteiger partial charge in [0.05, 0.1) is 11.6 Å². The van der Waals surface area contributed by atoms with Crippen molar-refractivity contribution in [3.63, 3.8) is 0 Å². The number of hydrogen-bond acceptors (Lipinski definition) is 3. The third kappa shape index (κ3) is 2.89. The Kier molecular flexibility index (Phi) is 3.86. The van der Waals surface area contributed by atoms with Crippen LogP contribution in [0.2, 0.25) is 0 Å². The second kappa shape index (κ2) is 5.95. The van der Waals surface area contributed by atoms with Gasteiger partial charge in [-0.05, 0) is 24.8 Å². The highest BCUT2D eigenvalue weighted by atomic mass is 16.3. The summed E-state index contributed by atoms with van der Waals surface area (Å²) in [5.41, 5.74) is 2.08. The van der Waals surface area contributed by atoms with Gasteiger partial charge in [0.15, 0.2) is 0 Å². The van der Waals surface area contributed by atoms with Crippen LogP contribution in [0.25, 0.3) is 0 Å². The highest BCUT2D eigenvalue weighted by Gasteiger charge is 2.27. The van der Waals surface area contributed by atoms with Crippen molar-refractivity contribution in [2.24, 2.45) is 4.99 Å². The van der Waals surface area contributed by atoms with E-state index in [9.17, 15) is 9.90 Å². The van der Waals surface area contributed by atoms with E-state index < -0.39 is 0 Å². The number of carbonyl (C=O) groups excluding carboxylic acids is 1. The smallest absolute Gasteiger partial charge is 0.256 e. The van der Waals surface area contributed by atoms with Crippen molar-refractivity contribution < 1.29 is 9.90 Å². The number of aliphatic hydroxyl groups is 1. The minimum Gasteiger partial charge on any atom is -0.507 e. The maximum Gasteiger partial charge on any atom is 0.256 e. The first-order chi connectivity index (χ1) is 10.3. The molecule has 3 rings (SSSR count). The predicted molar refractivity (Wildman–Crippen MR) is 82.2 cm³/mol. The minimum absolute atomic E-state index is 0.0180. The molecule has 21 heavy (non-hydrogen) atoms. The quantitative estimate of drug-likeness (QED) is 0.895. The molecule has 0 saturated carbocycles. The lowest BCUT2D eigenvalue weighted by molar-refractivity contribution is -0.117. The average Bonchev–Trinajstić information content (AvgIpc) is 2.54. The summed E-state index contributed by atoms with van der Waals surface area (Å²) >= 11 is 0. The molecule has 2 aliphatic rings. The SMILES string of the molecule is O=C(NCc1ccccc1)C1=C(O)C2=CCCCC2N=C1. The van der Waals surface area contributed by atoms with E-state index in [-0.39, 0.29) is 23.3 Å². The van der Waals surface area contributed by atoms with E-state index in [1.54, 1.807) is 0 Å². The number of allylic oxidation sites excluding steroid dienone is 1. The van der Waals surface area contributed by atoms with Gasteiger partial charge in [-0.2, -0.15) is 0 Å². The van der Waals surface area contributed by atoms with Gasteiger partial charge in [0.25, 0.3) is 5.91 Å². The first-order valence-electron chi connectivity index (χ1n) is 7.24. The third-order valence-corrected chi connectivity index (χ3v) is 3.86. The lowest BCUT2D eigenvalue weighted by atomic mass is 9.89. The number of amides is 1. The molecule has 4 nitrogen and oxygen atoms in total. The van der Waals surface area contributed by atoms with E-state index in [0.29, 0.717) is 6.54 Å². The minimum atomic E-state index is -0.287. The Morgan fingerprint density at radius 1 is 1.33 bits per heavy atom. The number of nitrogens with one attached hydrogen (secondary N) is 1. The van der Waals surface area contributed by atoms with Crippen LogP contribution in [0.15, 0.2) is 58.3 Å². The number of benzene rings is 1. The fourth-order valence-electron chi connectivity index (χ4n) is 2.69. The molecule has 1 amide bonds. The van der Waals surface area contributed by atoms with Crippen LogP contribution in [-0.4, -0.2) is 23.3 Å². The van der Waals surface area contributed by atoms with Gasteiger partial charge in [0, 0.05) is 18.3 Å². The molecular formula is C17H18N2O2. The number of hydrogen-bond donors (Lipinski definition) is 2. The van der Waals surface area contributed by atoms with Crippen LogP contribution in [0.5, 0.6) is 0 Å². The zero-order valence-electron chi connectivity index (χ0n) is 11.7. The molecule has 1 aromatic carbocycles. The van der Waals surface area contributed by atoms with Gasteiger partial charge in [-0.1, -0.05) is 36.4 Å². The van der Waals surface area contributed by atoms with Crippen molar-refractivity contribution >= 4 is 12.1 Å². The van der Waals surface area contributed by atoms with Gasteiger partial charge in [-0.15, -0.1) is 0 Å². The molecule has 108 valence electrons. The van der Waals surface area contributed by atoms with Gasteiger partial charge in [0.2, 0.25) is 0 Å². The zero-order valence-corrected chi connectivity index (χ0v) is 11.7. The summed E-state index contributed by atoms with van der Waals surface area (Å²) in [6.45, 7) is 0.437. The van der Waals surface area contributed by atoms with E-state index >= 15 is 0 Å². The first kappa shape index (κ1) is 13.6. The molecule has 1 aliphatic heterocycles. The number of aliphatic hydroxyl groups excluding tert-OH is 1. The lowest BCUT2D eigenvalue weighted by Gasteiger charge is -2.24. The molecule has 0 aromatic heterocycles. The summed E-state index contributed by atoms with van der Waals surface area (Å²) in [4.78, 5) is 16.6. The molecule has 0 saturated heterocycles. The van der Waals surface area contributed by atoms with Crippen LogP contribution in [0.4, 0.5) is 0 Å². The zero-order chi connectivity index (χ0) is 14.7. The van der Waals surface area contributed by atoms with Crippen molar-refractivity contribution in [2.75, 3.05) is 0 Å². The number of aliphatic imine (C=N–C) groups is 1. The molecule has 1 unspecified atom stereocenters. The van der Waals surface area contributed by atoms with Gasteiger partial charge >= 0.3 is 0 Å². The van der Waals surface area contributed by atoms with Crippen molar-refractivity contribution in [3.05, 3.63) is 58.9 Å². The third-order valence-electron chi connectivity index (χ3n) is 3.86. The molecule has 2 N–H and O–H groups in total. The van der Waals surface area contributed by atoms with Crippen molar-refractivity contribution in [1.29, 1.82) is 0 Å². The Balaban J connectivity index is 1.72. The fourth-order valence-corrected chi connectivity index (χ4v) is 2.69. The van der Waals surface area contributed by atoms with E-state index in [1.165, 1.54) is 6.21 Å². The predicted octanol–water partition coefficient (Wildman–Crippen LogP) is 2.68. The molecule has 0 radical (unpaired) electrons. The fraction of sp³-hybridized carbons (Fsp3) is 0.294. The Bertz CT molecular complexity index is 629. The van der Waals surface area contributed by atoms with Crippen LogP contribution in [0.3, 0.4) is 0 Å². The molecule has 4 heteroatoms. The highest BCUT2D eigenvalue weighted by molar-refractivity contribution is 6.13. The maximum atomic E-state index is 12.2. The van der Waals surface area contributed by atoms with Gasteiger partial charge < -0.3 is 10.4 Å². The number of fused-ring (bicyclic) bond motifs is 1. The molecule has 1 heterocycles. The molecular weight excluding hydrogens is 264 g/mol. The number of dihydropyridines is 1. The lowest BCUT2D eigenvalue weighted by Crippen LogP contribution is -2.30. The normalized spacial score (nSPS) is 20.8. The second-order valence-electron chi connectivity index (χ2n) is 5.31. The van der Waals surface area contributed by atoms with Crippen LogP contribution in [-0.2, 0) is 11.3 Å². The molecule has 0 bridgehead atoms. The molecule has 1 atom stereocenters. The summed E-state index contributed by atoms with van der Waals surface area (Å²) in [6, 6.07) is 9.70. The Hall–Kier alpha value is -2.36. The van der Waals surface area contributed by atoms with Gasteiger partial charge in [-0.3, -0.25) is 9.79 Å². The molecule has 0 fully saturated rings. The van der Waals surface area contributed by atoms with Crippen molar-refractivity contribution in [1.82, 2.24) is 5.32 Å². The topological polar surface area (TPSA) is 61.7 Å². The molecule has 1 aromatic rings. The van der Waals surface area contributed by atoms with Crippen LogP contribution < -0.4 is 5.32 Å². The van der Waals surface area contributed by atoms with Crippen molar-refractivity contribution in [3.8, 4) is 0 Å². The van der Waals surface area contributed by atoms with E-state index in [4.69, 9.17) is 0 Å². The van der Waals surface area contributed by atoms with Crippen LogP contribution in [0, 0.1) is 0 Å². The van der Waals surface area contributed by atoms with E-state index in [0.717, 1.165) is 30.4 Å². The number of nitrogens with zero attached hydrogens (tertiary/aromatic N) is 1. The summed E-state index contributed by atoms with van der Waals surface area (Å²) in [5.74, 6) is -0.203. The summed E-state index contributed by atoms with van der Waals surface area (Å²) < 4.78 is 0. The van der Waals surface area contributed by atoms with Crippen LogP contribution in [0.1, 0.15) is 24.8 Å². The van der Waals surface area contributed by atoms with Gasteiger partial charge in [-0.25, -0.2) is 0 Å². The summed E-state index contributed by atoms with van der Waals surface area (Å²) in [6.07, 6.45) is 6.44. The maximum absolute atomic E-state index is 12.2. The molecule has 1 aliphatic carbocycles. The Morgan fingerprint density at radius 2 is 2.14 bits per heavy atom. The standard InChI is InChI=1S/C17H18N2O2/c20-16-13-8-4-5-9-15(13)18-11-14(16)17(21)19-10-12-6-2-1-3-7-12/h1-3,6-8,11,15,20H,4-5,9-10H2,(H,19,21). The van der Waals surface area contributed by atoms with Crippen LogP contribution >= 0.6 is 0 Å². The summed E-state index contributed by atoms with van der Waals surface area (Å²) in [5, 5.41) is 13.1. The monoisotopic (exact) mass is 282 g/mol. The Labute approximate surface area is 123 Å². The number of carbonyl (C=O) groups is 1. The summed E-state index contributed by atoms with van der Waals surface area (Å²) in [7, 11) is 0. The second-order valence-corrected chi connectivity index (χ2v) is 5.31.